The van der Waals surface area contributed by atoms with Crippen LogP contribution in [0.4, 0.5) is 0 Å². The van der Waals surface area contributed by atoms with Crippen molar-refractivity contribution in [2.75, 3.05) is 0 Å². The quantitative estimate of drug-likeness (QED) is 0.388. The summed E-state index contributed by atoms with van der Waals surface area (Å²) in [7, 11) is 0. The molecule has 0 radical (unpaired) electrons. The normalized spacial score (nSPS) is 12.2. The van der Waals surface area contributed by atoms with Crippen LogP contribution in [-0.4, -0.2) is 16.7 Å². The van der Waals surface area contributed by atoms with E-state index in [4.69, 9.17) is 5.21 Å². The fourth-order valence-corrected chi connectivity index (χ4v) is 2.04. The summed E-state index contributed by atoms with van der Waals surface area (Å²) in [6, 6.07) is 18.5. The number of benzene rings is 2. The lowest BCUT2D eigenvalue weighted by Crippen LogP contribution is -2.02. The maximum atomic E-state index is 12.1. The van der Waals surface area contributed by atoms with Gasteiger partial charge in [-0.1, -0.05) is 71.4 Å². The molecule has 21 heavy (non-hydrogen) atoms. The lowest BCUT2D eigenvalue weighted by atomic mass is 10.0. The Kier molecular flexibility index (Phi) is 5.04. The minimum atomic E-state index is 0.0506. The number of hydrogen-bond acceptors (Lipinski definition) is 3. The summed E-state index contributed by atoms with van der Waals surface area (Å²) >= 11 is 0. The van der Waals surface area contributed by atoms with Crippen molar-refractivity contribution in [1.82, 2.24) is 0 Å². The van der Waals surface area contributed by atoms with Crippen LogP contribution in [0, 0.1) is 0 Å². The third-order valence-electron chi connectivity index (χ3n) is 3.10. The number of carbonyl (C=O) groups is 1. The highest BCUT2D eigenvalue weighted by molar-refractivity contribution is 6.09. The zero-order valence-electron chi connectivity index (χ0n) is 11.9. The Balaban J connectivity index is 2.12. The van der Waals surface area contributed by atoms with Crippen molar-refractivity contribution in [2.24, 2.45) is 5.16 Å². The molecule has 0 saturated carbocycles. The average Bonchev–Trinajstić information content (AvgIpc) is 2.54. The van der Waals surface area contributed by atoms with Gasteiger partial charge in [0.05, 0.1) is 0 Å². The molecule has 0 aliphatic carbocycles. The number of oxime groups is 1. The van der Waals surface area contributed by atoms with Crippen LogP contribution >= 0.6 is 0 Å². The van der Waals surface area contributed by atoms with Gasteiger partial charge in [0, 0.05) is 17.5 Å². The summed E-state index contributed by atoms with van der Waals surface area (Å²) in [6.45, 7) is 1.86. The number of hydrogen-bond donors (Lipinski definition) is 1. The van der Waals surface area contributed by atoms with E-state index in [0.717, 1.165) is 11.1 Å². The van der Waals surface area contributed by atoms with Crippen LogP contribution < -0.4 is 0 Å². The smallest absolute Gasteiger partial charge is 0.166 e. The SMILES string of the molecule is C/C(=C\C(=N/O)c1ccccc1)CC(=O)c1ccccc1. The molecule has 0 atom stereocenters. The van der Waals surface area contributed by atoms with Crippen molar-refractivity contribution >= 4 is 11.5 Å². The molecule has 0 aromatic heterocycles. The van der Waals surface area contributed by atoms with Crippen LogP contribution in [0.1, 0.15) is 29.3 Å². The first-order valence-electron chi connectivity index (χ1n) is 6.73. The highest BCUT2D eigenvalue weighted by atomic mass is 16.4. The Morgan fingerprint density at radius 3 is 2.05 bits per heavy atom. The topological polar surface area (TPSA) is 49.7 Å². The van der Waals surface area contributed by atoms with Crippen molar-refractivity contribution in [2.45, 2.75) is 13.3 Å². The zero-order valence-corrected chi connectivity index (χ0v) is 11.9. The first-order chi connectivity index (χ1) is 10.2. The van der Waals surface area contributed by atoms with Gasteiger partial charge in [0.1, 0.15) is 5.71 Å². The van der Waals surface area contributed by atoms with Gasteiger partial charge in [-0.15, -0.1) is 0 Å². The molecule has 1 N–H and O–H groups in total. The minimum Gasteiger partial charge on any atom is -0.410 e. The first-order valence-corrected chi connectivity index (χ1v) is 6.73. The first kappa shape index (κ1) is 14.7. The van der Waals surface area contributed by atoms with E-state index in [1.807, 2.05) is 55.5 Å². The van der Waals surface area contributed by atoms with E-state index in [9.17, 15) is 4.79 Å². The Morgan fingerprint density at radius 1 is 1.00 bits per heavy atom. The number of ketones is 1. The molecule has 0 bridgehead atoms. The van der Waals surface area contributed by atoms with Gasteiger partial charge >= 0.3 is 0 Å². The van der Waals surface area contributed by atoms with E-state index in [2.05, 4.69) is 5.16 Å². The maximum absolute atomic E-state index is 12.1. The summed E-state index contributed by atoms with van der Waals surface area (Å²) in [5, 5.41) is 12.4. The zero-order chi connectivity index (χ0) is 15.1. The largest absolute Gasteiger partial charge is 0.410 e. The number of carbonyl (C=O) groups excluding carboxylic acids is 1. The molecule has 0 unspecified atom stereocenters. The van der Waals surface area contributed by atoms with E-state index < -0.39 is 0 Å². The van der Waals surface area contributed by atoms with Gasteiger partial charge in [0.2, 0.25) is 0 Å². The van der Waals surface area contributed by atoms with Gasteiger partial charge in [-0.25, -0.2) is 0 Å². The van der Waals surface area contributed by atoms with Gasteiger partial charge in [-0.2, -0.15) is 0 Å². The van der Waals surface area contributed by atoms with Crippen LogP contribution in [0.2, 0.25) is 0 Å². The van der Waals surface area contributed by atoms with Crippen molar-refractivity contribution < 1.29 is 10.0 Å². The Morgan fingerprint density at radius 2 is 1.52 bits per heavy atom. The fourth-order valence-electron chi connectivity index (χ4n) is 2.04. The molecule has 0 spiro atoms. The second kappa shape index (κ2) is 7.20. The second-order valence-corrected chi connectivity index (χ2v) is 4.81. The lowest BCUT2D eigenvalue weighted by molar-refractivity contribution is 0.0993. The minimum absolute atomic E-state index is 0.0506. The van der Waals surface area contributed by atoms with Crippen LogP contribution in [0.5, 0.6) is 0 Å². The van der Waals surface area contributed by atoms with Gasteiger partial charge in [-0.05, 0) is 13.0 Å². The van der Waals surface area contributed by atoms with Crippen LogP contribution in [0.15, 0.2) is 77.5 Å². The van der Waals surface area contributed by atoms with Crippen molar-refractivity contribution in [3.05, 3.63) is 83.4 Å². The molecule has 2 aromatic carbocycles. The number of Topliss-reactive ketones (excluding diaryl/α,β-unsaturated/α-hetero) is 1. The monoisotopic (exact) mass is 279 g/mol. The summed E-state index contributed by atoms with van der Waals surface area (Å²) in [6.07, 6.45) is 2.03. The molecule has 0 fully saturated rings. The average molecular weight is 279 g/mol. The Hall–Kier alpha value is -2.68. The molecule has 3 heteroatoms. The molecule has 0 amide bonds. The standard InChI is InChI=1S/C18H17NO2/c1-14(13-18(20)16-10-6-3-7-11-16)12-17(19-21)15-8-4-2-5-9-15/h2-12,21H,13H2,1H3/b14-12+,19-17+. The fraction of sp³-hybridized carbons (Fsp3) is 0.111. The molecule has 0 saturated heterocycles. The van der Waals surface area contributed by atoms with E-state index in [-0.39, 0.29) is 5.78 Å². The van der Waals surface area contributed by atoms with Crippen molar-refractivity contribution in [3.8, 4) is 0 Å². The summed E-state index contributed by atoms with van der Waals surface area (Å²) in [4.78, 5) is 12.1. The second-order valence-electron chi connectivity index (χ2n) is 4.81. The molecule has 0 aliphatic heterocycles. The number of nitrogens with zero attached hydrogens (tertiary/aromatic N) is 1. The molecular formula is C18H17NO2. The molecular weight excluding hydrogens is 262 g/mol. The Labute approximate surface area is 124 Å². The Bertz CT molecular complexity index is 658. The predicted octanol–water partition coefficient (Wildman–Crippen LogP) is 4.08. The van der Waals surface area contributed by atoms with Gasteiger partial charge in [0.15, 0.2) is 5.78 Å². The van der Waals surface area contributed by atoms with Crippen molar-refractivity contribution in [1.29, 1.82) is 0 Å². The van der Waals surface area contributed by atoms with E-state index in [0.29, 0.717) is 17.7 Å². The van der Waals surface area contributed by atoms with E-state index >= 15 is 0 Å². The summed E-state index contributed by atoms with van der Waals surface area (Å²) in [5.74, 6) is 0.0506. The molecule has 106 valence electrons. The molecule has 3 nitrogen and oxygen atoms in total. The van der Waals surface area contributed by atoms with Crippen LogP contribution in [-0.2, 0) is 0 Å². The predicted molar refractivity (Wildman–Crippen MR) is 83.9 cm³/mol. The van der Waals surface area contributed by atoms with E-state index in [1.54, 1.807) is 18.2 Å². The molecule has 0 heterocycles. The highest BCUT2D eigenvalue weighted by Crippen LogP contribution is 2.11. The lowest BCUT2D eigenvalue weighted by Gasteiger charge is -2.03. The molecule has 2 rings (SSSR count). The molecule has 2 aromatic rings. The van der Waals surface area contributed by atoms with E-state index in [1.165, 1.54) is 0 Å². The van der Waals surface area contributed by atoms with Crippen LogP contribution in [0.3, 0.4) is 0 Å². The highest BCUT2D eigenvalue weighted by Gasteiger charge is 2.07. The van der Waals surface area contributed by atoms with Crippen LogP contribution in [0.25, 0.3) is 0 Å². The van der Waals surface area contributed by atoms with Crippen molar-refractivity contribution in [3.63, 3.8) is 0 Å². The maximum Gasteiger partial charge on any atom is 0.166 e. The van der Waals surface area contributed by atoms with Gasteiger partial charge < -0.3 is 5.21 Å². The van der Waals surface area contributed by atoms with Gasteiger partial charge in [0.25, 0.3) is 0 Å². The van der Waals surface area contributed by atoms with Gasteiger partial charge in [-0.3, -0.25) is 4.79 Å². The number of rotatable bonds is 5. The third kappa shape index (κ3) is 4.14. The summed E-state index contributed by atoms with van der Waals surface area (Å²) in [5.41, 5.74) is 2.80. The third-order valence-corrected chi connectivity index (χ3v) is 3.10. The summed E-state index contributed by atoms with van der Waals surface area (Å²) < 4.78 is 0. The number of allylic oxidation sites excluding steroid dienone is 2. The molecule has 0 aliphatic rings.